The maximum absolute atomic E-state index is 6.16. The van der Waals surface area contributed by atoms with Crippen LogP contribution in [0.15, 0.2) is 199 Å². The Labute approximate surface area is 291 Å². The molecule has 236 valence electrons. The summed E-state index contributed by atoms with van der Waals surface area (Å²) in [7, 11) is 0. The maximum Gasteiger partial charge on any atom is 0.154 e. The highest BCUT2D eigenvalue weighted by atomic mass is 16.3. The molecule has 3 heteroatoms. The molecule has 0 saturated heterocycles. The third-order valence-electron chi connectivity index (χ3n) is 9.33. The van der Waals surface area contributed by atoms with Crippen molar-refractivity contribution < 1.29 is 4.42 Å². The highest BCUT2D eigenvalue weighted by Gasteiger charge is 2.20. The van der Waals surface area contributed by atoms with Crippen molar-refractivity contribution in [2.24, 2.45) is 0 Å². The van der Waals surface area contributed by atoms with Crippen molar-refractivity contribution >= 4 is 39.3 Å². The summed E-state index contributed by atoms with van der Waals surface area (Å²) in [4.78, 5) is 7.51. The van der Waals surface area contributed by atoms with Crippen LogP contribution in [0, 0.1) is 0 Å². The molecule has 0 bridgehead atoms. The van der Waals surface area contributed by atoms with Gasteiger partial charge in [0.05, 0.1) is 5.69 Å². The molecule has 0 saturated carbocycles. The SMILES string of the molecule is c1ccc(-c2ccc(-c3ccc(N(c4ccc5oc6ccccc6c5n4)c4ccccc4-c4ccc(-c5ccccc5)cc4)cc3)cc2)cc1. The normalized spacial score (nSPS) is 11.2. The van der Waals surface area contributed by atoms with E-state index in [9.17, 15) is 0 Å². The second-order valence-corrected chi connectivity index (χ2v) is 12.4. The Morgan fingerprint density at radius 3 is 1.46 bits per heavy atom. The van der Waals surface area contributed by atoms with Crippen LogP contribution in [0.25, 0.3) is 66.6 Å². The Morgan fingerprint density at radius 1 is 0.360 bits per heavy atom. The van der Waals surface area contributed by atoms with Crippen molar-refractivity contribution in [1.29, 1.82) is 0 Å². The predicted octanol–water partition coefficient (Wildman–Crippen LogP) is 13.1. The van der Waals surface area contributed by atoms with Crippen LogP contribution in [0.2, 0.25) is 0 Å². The highest BCUT2D eigenvalue weighted by molar-refractivity contribution is 6.03. The molecule has 0 aliphatic carbocycles. The molecule has 0 atom stereocenters. The molecule has 0 aliphatic heterocycles. The van der Waals surface area contributed by atoms with E-state index in [-0.39, 0.29) is 0 Å². The predicted molar refractivity (Wildman–Crippen MR) is 208 cm³/mol. The average molecular weight is 641 g/mol. The molecule has 2 aromatic heterocycles. The number of benzene rings is 7. The van der Waals surface area contributed by atoms with E-state index >= 15 is 0 Å². The summed E-state index contributed by atoms with van der Waals surface area (Å²) in [5.41, 5.74) is 13.9. The summed E-state index contributed by atoms with van der Waals surface area (Å²) in [5.74, 6) is 0.817. The highest BCUT2D eigenvalue weighted by Crippen LogP contribution is 2.42. The van der Waals surface area contributed by atoms with E-state index in [1.807, 2.05) is 30.3 Å². The number of hydrogen-bond acceptors (Lipinski definition) is 3. The topological polar surface area (TPSA) is 29.3 Å². The zero-order chi connectivity index (χ0) is 33.3. The lowest BCUT2D eigenvalue weighted by Crippen LogP contribution is -2.12. The van der Waals surface area contributed by atoms with Gasteiger partial charge in [0, 0.05) is 16.6 Å². The number of furan rings is 1. The first-order chi connectivity index (χ1) is 24.8. The van der Waals surface area contributed by atoms with Gasteiger partial charge in [-0.25, -0.2) is 4.98 Å². The van der Waals surface area contributed by atoms with Crippen LogP contribution in [0.4, 0.5) is 17.2 Å². The van der Waals surface area contributed by atoms with Crippen molar-refractivity contribution in [2.75, 3.05) is 4.90 Å². The minimum atomic E-state index is 0.772. The molecule has 3 nitrogen and oxygen atoms in total. The smallest absolute Gasteiger partial charge is 0.154 e. The lowest BCUT2D eigenvalue weighted by molar-refractivity contribution is 0.668. The molecule has 7 aromatic carbocycles. The largest absolute Gasteiger partial charge is 0.454 e. The number of rotatable bonds is 7. The molecule has 2 heterocycles. The van der Waals surface area contributed by atoms with Crippen molar-refractivity contribution in [1.82, 2.24) is 4.98 Å². The van der Waals surface area contributed by atoms with Gasteiger partial charge in [0.1, 0.15) is 16.9 Å². The van der Waals surface area contributed by atoms with Gasteiger partial charge in [0.2, 0.25) is 0 Å². The lowest BCUT2D eigenvalue weighted by Gasteiger charge is -2.27. The quantitative estimate of drug-likeness (QED) is 0.174. The van der Waals surface area contributed by atoms with E-state index in [2.05, 4.69) is 169 Å². The summed E-state index contributed by atoms with van der Waals surface area (Å²) in [6.07, 6.45) is 0. The van der Waals surface area contributed by atoms with Crippen LogP contribution < -0.4 is 4.90 Å². The van der Waals surface area contributed by atoms with E-state index in [0.29, 0.717) is 0 Å². The van der Waals surface area contributed by atoms with E-state index < -0.39 is 0 Å². The standard InChI is InChI=1S/C47H32N2O/c1-3-11-33(12-4-1)35-19-21-37(22-20-35)38-27-29-40(30-28-38)49(46-32-31-45-47(48-46)42-16-8-10-18-44(42)50-45)43-17-9-7-15-41(43)39-25-23-36(24-26-39)34-13-5-2-6-14-34/h1-32H. The second kappa shape index (κ2) is 12.7. The van der Waals surface area contributed by atoms with Crippen LogP contribution in [0.1, 0.15) is 0 Å². The Hall–Kier alpha value is -6.71. The Bertz CT molecular complexity index is 2550. The lowest BCUT2D eigenvalue weighted by atomic mass is 9.98. The zero-order valence-corrected chi connectivity index (χ0v) is 27.3. The number of nitrogens with zero attached hydrogens (tertiary/aromatic N) is 2. The van der Waals surface area contributed by atoms with Crippen molar-refractivity contribution in [3.8, 4) is 44.5 Å². The fourth-order valence-electron chi connectivity index (χ4n) is 6.77. The number of para-hydroxylation sites is 2. The van der Waals surface area contributed by atoms with Crippen LogP contribution in [0.3, 0.4) is 0 Å². The van der Waals surface area contributed by atoms with Gasteiger partial charge in [-0.05, 0) is 81.4 Å². The molecule has 0 fully saturated rings. The summed E-state index contributed by atoms with van der Waals surface area (Å²) < 4.78 is 6.16. The molecule has 0 radical (unpaired) electrons. The van der Waals surface area contributed by atoms with Gasteiger partial charge in [-0.15, -0.1) is 0 Å². The van der Waals surface area contributed by atoms with Gasteiger partial charge in [0.15, 0.2) is 5.58 Å². The van der Waals surface area contributed by atoms with Gasteiger partial charge in [-0.3, -0.25) is 4.90 Å². The van der Waals surface area contributed by atoms with Crippen LogP contribution in [-0.4, -0.2) is 4.98 Å². The number of hydrogen-bond donors (Lipinski definition) is 0. The summed E-state index contributed by atoms with van der Waals surface area (Å²) >= 11 is 0. The minimum absolute atomic E-state index is 0.772. The first-order valence-electron chi connectivity index (χ1n) is 16.9. The monoisotopic (exact) mass is 640 g/mol. The fourth-order valence-corrected chi connectivity index (χ4v) is 6.77. The molecule has 9 aromatic rings. The van der Waals surface area contributed by atoms with E-state index in [1.165, 1.54) is 27.8 Å². The maximum atomic E-state index is 6.16. The van der Waals surface area contributed by atoms with E-state index in [0.717, 1.165) is 56.0 Å². The van der Waals surface area contributed by atoms with Gasteiger partial charge >= 0.3 is 0 Å². The first-order valence-corrected chi connectivity index (χ1v) is 16.9. The number of aromatic nitrogens is 1. The third-order valence-corrected chi connectivity index (χ3v) is 9.33. The Morgan fingerprint density at radius 2 is 0.840 bits per heavy atom. The molecule has 0 spiro atoms. The molecule has 0 unspecified atom stereocenters. The fraction of sp³-hybridized carbons (Fsp3) is 0. The molecule has 9 rings (SSSR count). The molecule has 0 aliphatic rings. The van der Waals surface area contributed by atoms with E-state index in [4.69, 9.17) is 9.40 Å². The van der Waals surface area contributed by atoms with Gasteiger partial charge in [0.25, 0.3) is 0 Å². The summed E-state index contributed by atoms with van der Waals surface area (Å²) in [6, 6.07) is 68.1. The van der Waals surface area contributed by atoms with Gasteiger partial charge < -0.3 is 4.42 Å². The first kappa shape index (κ1) is 29.4. The molecular formula is C47H32N2O. The van der Waals surface area contributed by atoms with Crippen molar-refractivity contribution in [2.45, 2.75) is 0 Å². The van der Waals surface area contributed by atoms with Gasteiger partial charge in [-0.2, -0.15) is 0 Å². The number of anilines is 3. The average Bonchev–Trinajstić information content (AvgIpc) is 3.57. The number of fused-ring (bicyclic) bond motifs is 3. The number of pyridine rings is 1. The molecule has 50 heavy (non-hydrogen) atoms. The van der Waals surface area contributed by atoms with Crippen LogP contribution >= 0.6 is 0 Å². The van der Waals surface area contributed by atoms with E-state index in [1.54, 1.807) is 0 Å². The Balaban J connectivity index is 1.14. The molecule has 0 amide bonds. The third kappa shape index (κ3) is 5.51. The van der Waals surface area contributed by atoms with Gasteiger partial charge in [-0.1, -0.05) is 152 Å². The minimum Gasteiger partial charge on any atom is -0.454 e. The van der Waals surface area contributed by atoms with Crippen LogP contribution in [-0.2, 0) is 0 Å². The second-order valence-electron chi connectivity index (χ2n) is 12.4. The summed E-state index contributed by atoms with van der Waals surface area (Å²) in [5, 5.41) is 1.00. The Kier molecular flexibility index (Phi) is 7.49. The zero-order valence-electron chi connectivity index (χ0n) is 27.3. The van der Waals surface area contributed by atoms with Crippen LogP contribution in [0.5, 0.6) is 0 Å². The van der Waals surface area contributed by atoms with Crippen molar-refractivity contribution in [3.05, 3.63) is 194 Å². The molecule has 0 N–H and O–H groups in total. The van der Waals surface area contributed by atoms with Crippen molar-refractivity contribution in [3.63, 3.8) is 0 Å². The summed E-state index contributed by atoms with van der Waals surface area (Å²) in [6.45, 7) is 0. The molecular weight excluding hydrogens is 609 g/mol.